The lowest BCUT2D eigenvalue weighted by Gasteiger charge is -2.33. The number of hydrogen-bond acceptors (Lipinski definition) is 4. The molecule has 1 heterocycles. The maximum Gasteiger partial charge on any atom is 0.150 e. The molecule has 0 amide bonds. The van der Waals surface area contributed by atoms with Gasteiger partial charge in [-0.25, -0.2) is 13.1 Å². The molecule has 1 aliphatic rings. The minimum Gasteiger partial charge on any atom is -0.249 e. The molecule has 0 unspecified atom stereocenters. The predicted octanol–water partition coefficient (Wildman–Crippen LogP) is 0.335. The second-order valence-corrected chi connectivity index (χ2v) is 6.24. The maximum absolute atomic E-state index is 11.2. The molecule has 1 aromatic rings. The van der Waals surface area contributed by atoms with E-state index in [9.17, 15) is 8.42 Å². The minimum absolute atomic E-state index is 0.183. The van der Waals surface area contributed by atoms with Gasteiger partial charge in [0.1, 0.15) is 9.84 Å². The Kier molecular flexibility index (Phi) is 2.10. The molecule has 0 N–H and O–H groups in total. The van der Waals surface area contributed by atoms with Crippen molar-refractivity contribution in [3.8, 4) is 0 Å². The number of rotatable bonds is 2. The van der Waals surface area contributed by atoms with Crippen LogP contribution < -0.4 is 0 Å². The van der Waals surface area contributed by atoms with Crippen LogP contribution in [0.3, 0.4) is 0 Å². The van der Waals surface area contributed by atoms with E-state index in [1.54, 1.807) is 4.68 Å². The Labute approximate surface area is 83.0 Å². The molecule has 0 aromatic carbocycles. The molecule has 1 fully saturated rings. The van der Waals surface area contributed by atoms with Crippen molar-refractivity contribution >= 4 is 9.84 Å². The number of hydrogen-bond donors (Lipinski definition) is 0. The van der Waals surface area contributed by atoms with Gasteiger partial charge in [-0.3, -0.25) is 0 Å². The summed E-state index contributed by atoms with van der Waals surface area (Å²) >= 11 is 0. The van der Waals surface area contributed by atoms with E-state index in [0.29, 0.717) is 12.8 Å². The molecular formula is C8H13N3O2S. The summed E-state index contributed by atoms with van der Waals surface area (Å²) in [5.41, 5.74) is 0.868. The lowest BCUT2D eigenvalue weighted by atomic mass is 9.92. The van der Waals surface area contributed by atoms with Gasteiger partial charge in [0.05, 0.1) is 17.0 Å². The average Bonchev–Trinajstić information content (AvgIpc) is 2.28. The van der Waals surface area contributed by atoms with Crippen molar-refractivity contribution in [3.05, 3.63) is 11.9 Å². The van der Waals surface area contributed by atoms with E-state index in [-0.39, 0.29) is 11.3 Å². The molecule has 0 saturated heterocycles. The fourth-order valence-corrected chi connectivity index (χ4v) is 2.79. The van der Waals surface area contributed by atoms with E-state index in [4.69, 9.17) is 0 Å². The van der Waals surface area contributed by atoms with Crippen LogP contribution in [0.15, 0.2) is 6.20 Å². The Morgan fingerprint density at radius 1 is 1.50 bits per heavy atom. The Morgan fingerprint density at radius 3 is 2.57 bits per heavy atom. The first kappa shape index (κ1) is 9.64. The van der Waals surface area contributed by atoms with Crippen LogP contribution >= 0.6 is 0 Å². The van der Waals surface area contributed by atoms with Gasteiger partial charge in [0, 0.05) is 12.5 Å². The molecule has 2 rings (SSSR count). The zero-order valence-corrected chi connectivity index (χ0v) is 9.03. The van der Waals surface area contributed by atoms with Gasteiger partial charge < -0.3 is 0 Å². The highest BCUT2D eigenvalue weighted by Crippen LogP contribution is 2.35. The number of aromatic nitrogens is 3. The van der Waals surface area contributed by atoms with Gasteiger partial charge in [0.2, 0.25) is 0 Å². The summed E-state index contributed by atoms with van der Waals surface area (Å²) in [7, 11) is -2.86. The molecule has 14 heavy (non-hydrogen) atoms. The van der Waals surface area contributed by atoms with Crippen LogP contribution in [-0.2, 0) is 9.84 Å². The summed E-state index contributed by atoms with van der Waals surface area (Å²) < 4.78 is 24.1. The second kappa shape index (κ2) is 3.05. The van der Waals surface area contributed by atoms with Crippen molar-refractivity contribution < 1.29 is 8.42 Å². The first-order chi connectivity index (χ1) is 6.47. The number of aryl methyl sites for hydroxylation is 1. The van der Waals surface area contributed by atoms with E-state index in [2.05, 4.69) is 10.3 Å². The second-order valence-electron chi connectivity index (χ2n) is 3.92. The van der Waals surface area contributed by atoms with Gasteiger partial charge in [0.15, 0.2) is 0 Å². The molecular weight excluding hydrogens is 202 g/mol. The molecule has 1 aromatic heterocycles. The van der Waals surface area contributed by atoms with Crippen molar-refractivity contribution in [2.24, 2.45) is 0 Å². The number of nitrogens with zero attached hydrogens (tertiary/aromatic N) is 3. The third-order valence-electron chi connectivity index (χ3n) is 2.67. The third-order valence-corrected chi connectivity index (χ3v) is 4.27. The molecule has 5 nitrogen and oxygen atoms in total. The van der Waals surface area contributed by atoms with Crippen molar-refractivity contribution in [3.63, 3.8) is 0 Å². The fourth-order valence-electron chi connectivity index (χ4n) is 1.65. The quantitative estimate of drug-likeness (QED) is 0.713. The van der Waals surface area contributed by atoms with E-state index in [1.807, 2.05) is 13.1 Å². The van der Waals surface area contributed by atoms with Crippen LogP contribution in [-0.4, -0.2) is 34.9 Å². The van der Waals surface area contributed by atoms with Crippen molar-refractivity contribution in [1.82, 2.24) is 15.0 Å². The average molecular weight is 215 g/mol. The Balaban J connectivity index is 2.02. The van der Waals surface area contributed by atoms with Gasteiger partial charge in [0.25, 0.3) is 0 Å². The van der Waals surface area contributed by atoms with E-state index >= 15 is 0 Å². The Hall–Kier alpha value is -0.910. The van der Waals surface area contributed by atoms with Crippen LogP contribution in [0.5, 0.6) is 0 Å². The summed E-state index contributed by atoms with van der Waals surface area (Å²) in [5, 5.41) is 7.61. The van der Waals surface area contributed by atoms with E-state index in [1.165, 1.54) is 6.26 Å². The van der Waals surface area contributed by atoms with Crippen LogP contribution in [0.2, 0.25) is 0 Å². The predicted molar refractivity (Wildman–Crippen MR) is 51.7 cm³/mol. The Morgan fingerprint density at radius 2 is 2.14 bits per heavy atom. The molecule has 0 spiro atoms. The van der Waals surface area contributed by atoms with Gasteiger partial charge in [-0.05, 0) is 19.8 Å². The van der Waals surface area contributed by atoms with Gasteiger partial charge in [-0.2, -0.15) is 0 Å². The highest BCUT2D eigenvalue weighted by Gasteiger charge is 2.37. The maximum atomic E-state index is 11.2. The van der Waals surface area contributed by atoms with E-state index < -0.39 is 9.84 Å². The Bertz CT molecular complexity index is 431. The fraction of sp³-hybridized carbons (Fsp3) is 0.750. The molecule has 78 valence electrons. The highest BCUT2D eigenvalue weighted by molar-refractivity contribution is 7.91. The van der Waals surface area contributed by atoms with Crippen molar-refractivity contribution in [2.45, 2.75) is 31.1 Å². The monoisotopic (exact) mass is 215 g/mol. The lowest BCUT2D eigenvalue weighted by molar-refractivity contribution is 0.286. The molecule has 0 atom stereocenters. The van der Waals surface area contributed by atoms with Crippen LogP contribution in [0.1, 0.15) is 24.6 Å². The highest BCUT2D eigenvalue weighted by atomic mass is 32.2. The molecule has 1 saturated carbocycles. The minimum atomic E-state index is -2.86. The molecule has 0 bridgehead atoms. The zero-order valence-electron chi connectivity index (χ0n) is 8.21. The van der Waals surface area contributed by atoms with E-state index in [0.717, 1.165) is 5.69 Å². The third kappa shape index (κ3) is 1.66. The smallest absolute Gasteiger partial charge is 0.150 e. The molecule has 0 aliphatic heterocycles. The zero-order chi connectivity index (χ0) is 10.3. The first-order valence-electron chi connectivity index (χ1n) is 4.54. The summed E-state index contributed by atoms with van der Waals surface area (Å²) in [6, 6.07) is 0.218. The van der Waals surface area contributed by atoms with Crippen LogP contribution in [0.25, 0.3) is 0 Å². The first-order valence-corrected chi connectivity index (χ1v) is 6.49. The largest absolute Gasteiger partial charge is 0.249 e. The van der Waals surface area contributed by atoms with Gasteiger partial charge in [-0.1, -0.05) is 5.21 Å². The van der Waals surface area contributed by atoms with Crippen LogP contribution in [0, 0.1) is 6.92 Å². The summed E-state index contributed by atoms with van der Waals surface area (Å²) in [6.07, 6.45) is 4.48. The SMILES string of the molecule is Cc1cn(C2CC(S(C)(=O)=O)C2)nn1. The van der Waals surface area contributed by atoms with Gasteiger partial charge >= 0.3 is 0 Å². The molecule has 1 aliphatic carbocycles. The number of sulfone groups is 1. The van der Waals surface area contributed by atoms with Crippen molar-refractivity contribution in [2.75, 3.05) is 6.26 Å². The van der Waals surface area contributed by atoms with Crippen LogP contribution in [0.4, 0.5) is 0 Å². The summed E-state index contributed by atoms with van der Waals surface area (Å²) in [4.78, 5) is 0. The summed E-state index contributed by atoms with van der Waals surface area (Å²) in [6.45, 7) is 1.87. The standard InChI is InChI=1S/C8H13N3O2S/c1-6-5-11(10-9-6)7-3-8(4-7)14(2,12)13/h5,7-8H,3-4H2,1-2H3. The lowest BCUT2D eigenvalue weighted by Crippen LogP contribution is -2.37. The molecule has 0 radical (unpaired) electrons. The summed E-state index contributed by atoms with van der Waals surface area (Å²) in [5.74, 6) is 0. The van der Waals surface area contributed by atoms with Gasteiger partial charge in [-0.15, -0.1) is 5.10 Å². The topological polar surface area (TPSA) is 64.8 Å². The normalized spacial score (nSPS) is 27.3. The molecule has 6 heteroatoms. The van der Waals surface area contributed by atoms with Crippen molar-refractivity contribution in [1.29, 1.82) is 0 Å².